The quantitative estimate of drug-likeness (QED) is 0.405. The van der Waals surface area contributed by atoms with Crippen LogP contribution < -0.4 is 5.32 Å². The van der Waals surface area contributed by atoms with Crippen LogP contribution in [0.15, 0.2) is 0 Å². The van der Waals surface area contributed by atoms with Crippen molar-refractivity contribution in [3.05, 3.63) is 0 Å². The Labute approximate surface area is 184 Å². The minimum Gasteiger partial charge on any atom is -0.314 e. The van der Waals surface area contributed by atoms with Gasteiger partial charge in [-0.2, -0.15) is 0 Å². The van der Waals surface area contributed by atoms with Crippen molar-refractivity contribution < 1.29 is 0 Å². The van der Waals surface area contributed by atoms with Crippen molar-refractivity contribution in [1.82, 2.24) is 10.2 Å². The second-order valence-corrected chi connectivity index (χ2v) is 14.0. The molecule has 2 aliphatic carbocycles. The Morgan fingerprint density at radius 3 is 1.62 bits per heavy atom. The van der Waals surface area contributed by atoms with Gasteiger partial charge in [0.15, 0.2) is 0 Å². The van der Waals surface area contributed by atoms with Gasteiger partial charge in [0.25, 0.3) is 0 Å². The lowest BCUT2D eigenvalue weighted by atomic mass is 9.63. The second-order valence-electron chi connectivity index (χ2n) is 14.0. The molecule has 0 aromatic rings. The van der Waals surface area contributed by atoms with Crippen LogP contribution in [0.1, 0.15) is 120 Å². The summed E-state index contributed by atoms with van der Waals surface area (Å²) in [6.07, 6.45) is 13.6. The van der Waals surface area contributed by atoms with E-state index in [-0.39, 0.29) is 0 Å². The minimum absolute atomic E-state index is 0.492. The molecule has 0 unspecified atom stereocenters. The molecule has 29 heavy (non-hydrogen) atoms. The van der Waals surface area contributed by atoms with Crippen LogP contribution in [0.5, 0.6) is 0 Å². The molecule has 2 fully saturated rings. The molecule has 0 bridgehead atoms. The molecule has 0 spiro atoms. The first-order valence-electron chi connectivity index (χ1n) is 12.6. The van der Waals surface area contributed by atoms with Gasteiger partial charge in [-0.1, -0.05) is 68.2 Å². The van der Waals surface area contributed by atoms with Crippen molar-refractivity contribution in [2.75, 3.05) is 20.1 Å². The van der Waals surface area contributed by atoms with Crippen LogP contribution in [0.25, 0.3) is 0 Å². The highest BCUT2D eigenvalue weighted by molar-refractivity contribution is 4.93. The molecular formula is C27H54N2. The molecule has 0 atom stereocenters. The van der Waals surface area contributed by atoms with Gasteiger partial charge >= 0.3 is 0 Å². The third-order valence-corrected chi connectivity index (χ3v) is 7.58. The fourth-order valence-corrected chi connectivity index (χ4v) is 7.42. The standard InChI is InChI=1S/C27H54N2/c1-24(2)16-22(17-25(3,4)20-24)28-14-12-10-11-13-15-29(9)23-18-26(5,6)21-27(7,8)19-23/h22-23,28H,10-21H2,1-9H3. The van der Waals surface area contributed by atoms with Crippen molar-refractivity contribution in [3.63, 3.8) is 0 Å². The van der Waals surface area contributed by atoms with Crippen LogP contribution in [0.3, 0.4) is 0 Å². The van der Waals surface area contributed by atoms with E-state index in [1.54, 1.807) is 0 Å². The molecule has 1 N–H and O–H groups in total. The fourth-order valence-electron chi connectivity index (χ4n) is 7.42. The van der Waals surface area contributed by atoms with E-state index in [0.717, 1.165) is 12.1 Å². The summed E-state index contributed by atoms with van der Waals surface area (Å²) in [6.45, 7) is 22.2. The van der Waals surface area contributed by atoms with Gasteiger partial charge in [0.2, 0.25) is 0 Å². The lowest BCUT2D eigenvalue weighted by molar-refractivity contribution is 0.0348. The molecule has 2 nitrogen and oxygen atoms in total. The molecule has 0 aromatic heterocycles. The van der Waals surface area contributed by atoms with Gasteiger partial charge in [-0.25, -0.2) is 0 Å². The van der Waals surface area contributed by atoms with Gasteiger partial charge < -0.3 is 10.2 Å². The molecule has 0 heterocycles. The highest BCUT2D eigenvalue weighted by Gasteiger charge is 2.40. The van der Waals surface area contributed by atoms with E-state index in [4.69, 9.17) is 0 Å². The Balaban J connectivity index is 1.59. The van der Waals surface area contributed by atoms with Crippen LogP contribution in [-0.4, -0.2) is 37.1 Å². The highest BCUT2D eigenvalue weighted by atomic mass is 15.1. The van der Waals surface area contributed by atoms with E-state index in [9.17, 15) is 0 Å². The molecular weight excluding hydrogens is 352 g/mol. The zero-order valence-corrected chi connectivity index (χ0v) is 21.6. The molecule has 2 saturated carbocycles. The van der Waals surface area contributed by atoms with Gasteiger partial charge in [0.05, 0.1) is 0 Å². The summed E-state index contributed by atoms with van der Waals surface area (Å²) < 4.78 is 0. The third kappa shape index (κ3) is 8.90. The summed E-state index contributed by atoms with van der Waals surface area (Å²) in [5.74, 6) is 0. The lowest BCUT2D eigenvalue weighted by Crippen LogP contribution is -2.45. The summed E-state index contributed by atoms with van der Waals surface area (Å²) in [7, 11) is 2.37. The maximum atomic E-state index is 3.89. The lowest BCUT2D eigenvalue weighted by Gasteiger charge is -2.47. The molecule has 0 radical (unpaired) electrons. The predicted molar refractivity (Wildman–Crippen MR) is 130 cm³/mol. The number of unbranched alkanes of at least 4 members (excludes halogenated alkanes) is 3. The Morgan fingerprint density at radius 2 is 1.10 bits per heavy atom. The van der Waals surface area contributed by atoms with Crippen molar-refractivity contribution in [2.24, 2.45) is 21.7 Å². The van der Waals surface area contributed by atoms with Crippen molar-refractivity contribution in [3.8, 4) is 0 Å². The van der Waals surface area contributed by atoms with Crippen LogP contribution in [0.4, 0.5) is 0 Å². The Kier molecular flexibility index (Phi) is 8.33. The molecule has 0 amide bonds. The van der Waals surface area contributed by atoms with E-state index >= 15 is 0 Å². The number of hydrogen-bond acceptors (Lipinski definition) is 2. The summed E-state index contributed by atoms with van der Waals surface area (Å²) in [4.78, 5) is 2.67. The number of hydrogen-bond donors (Lipinski definition) is 1. The summed E-state index contributed by atoms with van der Waals surface area (Å²) in [5, 5.41) is 3.89. The summed E-state index contributed by atoms with van der Waals surface area (Å²) >= 11 is 0. The van der Waals surface area contributed by atoms with Crippen molar-refractivity contribution in [2.45, 2.75) is 132 Å². The SMILES string of the molecule is CN(CCCCCCNC1CC(C)(C)CC(C)(C)C1)C1CC(C)(C)CC(C)(C)C1. The Hall–Kier alpha value is -0.0800. The Morgan fingerprint density at radius 1 is 0.655 bits per heavy atom. The molecule has 0 aromatic carbocycles. The largest absolute Gasteiger partial charge is 0.314 e. The van der Waals surface area contributed by atoms with E-state index in [1.165, 1.54) is 77.3 Å². The van der Waals surface area contributed by atoms with E-state index < -0.39 is 0 Å². The highest BCUT2D eigenvalue weighted by Crippen LogP contribution is 2.47. The second kappa shape index (κ2) is 9.60. The molecule has 0 aliphatic heterocycles. The van der Waals surface area contributed by atoms with Gasteiger partial charge in [-0.05, 0) is 93.2 Å². The maximum Gasteiger partial charge on any atom is 0.0102 e. The first kappa shape index (κ1) is 25.2. The normalized spacial score (nSPS) is 26.7. The average molecular weight is 407 g/mol. The topological polar surface area (TPSA) is 15.3 Å². The molecule has 2 aliphatic rings. The zero-order valence-electron chi connectivity index (χ0n) is 21.6. The van der Waals surface area contributed by atoms with Crippen LogP contribution in [-0.2, 0) is 0 Å². The van der Waals surface area contributed by atoms with Crippen LogP contribution in [0.2, 0.25) is 0 Å². The minimum atomic E-state index is 0.492. The summed E-state index contributed by atoms with van der Waals surface area (Å²) in [5.41, 5.74) is 1.97. The average Bonchev–Trinajstić information content (AvgIpc) is 2.47. The monoisotopic (exact) mass is 406 g/mol. The van der Waals surface area contributed by atoms with Crippen molar-refractivity contribution >= 4 is 0 Å². The van der Waals surface area contributed by atoms with Gasteiger partial charge in [0.1, 0.15) is 0 Å². The molecule has 2 heteroatoms. The van der Waals surface area contributed by atoms with Gasteiger partial charge in [0, 0.05) is 12.1 Å². The Bertz CT molecular complexity index is 471. The van der Waals surface area contributed by atoms with Crippen molar-refractivity contribution in [1.29, 1.82) is 0 Å². The van der Waals surface area contributed by atoms with E-state index in [1.807, 2.05) is 0 Å². The maximum absolute atomic E-state index is 3.89. The predicted octanol–water partition coefficient (Wildman–Crippen LogP) is 7.28. The first-order valence-corrected chi connectivity index (χ1v) is 12.6. The number of rotatable bonds is 9. The van der Waals surface area contributed by atoms with Crippen LogP contribution >= 0.6 is 0 Å². The first-order chi connectivity index (χ1) is 13.2. The van der Waals surface area contributed by atoms with E-state index in [2.05, 4.69) is 72.7 Å². The van der Waals surface area contributed by atoms with E-state index in [0.29, 0.717) is 21.7 Å². The fraction of sp³-hybridized carbons (Fsp3) is 1.00. The zero-order chi connectivity index (χ0) is 21.9. The molecule has 2 rings (SSSR count). The molecule has 0 saturated heterocycles. The number of nitrogens with one attached hydrogen (secondary N) is 1. The van der Waals surface area contributed by atoms with Gasteiger partial charge in [-0.15, -0.1) is 0 Å². The molecule has 172 valence electrons. The number of nitrogens with zero attached hydrogens (tertiary/aromatic N) is 1. The summed E-state index contributed by atoms with van der Waals surface area (Å²) in [6, 6.07) is 1.49. The smallest absolute Gasteiger partial charge is 0.0102 e. The van der Waals surface area contributed by atoms with Crippen LogP contribution in [0, 0.1) is 21.7 Å². The third-order valence-electron chi connectivity index (χ3n) is 7.58. The van der Waals surface area contributed by atoms with Gasteiger partial charge in [-0.3, -0.25) is 0 Å².